The van der Waals surface area contributed by atoms with Gasteiger partial charge in [0.05, 0.1) is 11.1 Å². The van der Waals surface area contributed by atoms with E-state index in [1.807, 2.05) is 32.0 Å². The molecule has 0 fully saturated rings. The first-order valence-electron chi connectivity index (χ1n) is 4.83. The number of hydrogen-bond donors (Lipinski definition) is 0. The van der Waals surface area contributed by atoms with Crippen LogP contribution >= 0.6 is 0 Å². The minimum atomic E-state index is -0.320. The molecule has 0 spiro atoms. The van der Waals surface area contributed by atoms with Gasteiger partial charge in [-0.15, -0.1) is 0 Å². The zero-order valence-electron chi connectivity index (χ0n) is 9.06. The Bertz CT molecular complexity index is 448. The molecule has 0 N–H and O–H groups in total. The van der Waals surface area contributed by atoms with Gasteiger partial charge >= 0.3 is 0 Å². The Morgan fingerprint density at radius 1 is 1.27 bits per heavy atom. The highest BCUT2D eigenvalue weighted by molar-refractivity contribution is 5.23. The molecule has 0 amide bonds. The summed E-state index contributed by atoms with van der Waals surface area (Å²) in [6.07, 6.45) is 1.77. The fourth-order valence-corrected chi connectivity index (χ4v) is 1.40. The van der Waals surface area contributed by atoms with Crippen LogP contribution in [-0.4, -0.2) is 15.1 Å². The average Bonchev–Trinajstić information content (AvgIpc) is 2.67. The van der Waals surface area contributed by atoms with Crippen molar-refractivity contribution in [2.75, 3.05) is 0 Å². The SMILES string of the molecule is Cc1nc(C(C)(C)c2ccccn2)no1. The molecule has 0 saturated carbocycles. The lowest BCUT2D eigenvalue weighted by molar-refractivity contribution is 0.377. The third-order valence-corrected chi connectivity index (χ3v) is 2.39. The Balaban J connectivity index is 2.43. The second-order valence-electron chi connectivity index (χ2n) is 3.98. The Morgan fingerprint density at radius 3 is 2.60 bits per heavy atom. The zero-order chi connectivity index (χ0) is 10.9. The van der Waals surface area contributed by atoms with Crippen molar-refractivity contribution < 1.29 is 4.52 Å². The summed E-state index contributed by atoms with van der Waals surface area (Å²) in [5, 5.41) is 3.94. The van der Waals surface area contributed by atoms with E-state index in [0.29, 0.717) is 11.7 Å². The highest BCUT2D eigenvalue weighted by Crippen LogP contribution is 2.27. The third kappa shape index (κ3) is 1.75. The lowest BCUT2D eigenvalue weighted by atomic mass is 9.88. The number of pyridine rings is 1. The van der Waals surface area contributed by atoms with E-state index >= 15 is 0 Å². The summed E-state index contributed by atoms with van der Waals surface area (Å²) in [6, 6.07) is 5.81. The Morgan fingerprint density at radius 2 is 2.07 bits per heavy atom. The number of aromatic nitrogens is 3. The molecule has 4 nitrogen and oxygen atoms in total. The van der Waals surface area contributed by atoms with Crippen LogP contribution < -0.4 is 0 Å². The smallest absolute Gasteiger partial charge is 0.223 e. The van der Waals surface area contributed by atoms with Gasteiger partial charge in [0.25, 0.3) is 0 Å². The van der Waals surface area contributed by atoms with Crippen LogP contribution in [0.4, 0.5) is 0 Å². The van der Waals surface area contributed by atoms with Gasteiger partial charge in [0.2, 0.25) is 5.89 Å². The third-order valence-electron chi connectivity index (χ3n) is 2.39. The van der Waals surface area contributed by atoms with Gasteiger partial charge in [0.15, 0.2) is 5.82 Å². The van der Waals surface area contributed by atoms with E-state index in [1.165, 1.54) is 0 Å². The Labute approximate surface area is 88.4 Å². The van der Waals surface area contributed by atoms with Crippen LogP contribution in [0.3, 0.4) is 0 Å². The van der Waals surface area contributed by atoms with E-state index in [1.54, 1.807) is 13.1 Å². The molecule has 0 unspecified atom stereocenters. The Kier molecular flexibility index (Phi) is 2.26. The lowest BCUT2D eigenvalue weighted by Crippen LogP contribution is -2.22. The lowest BCUT2D eigenvalue weighted by Gasteiger charge is -2.19. The van der Waals surface area contributed by atoms with E-state index in [0.717, 1.165) is 5.69 Å². The number of nitrogens with zero attached hydrogens (tertiary/aromatic N) is 3. The topological polar surface area (TPSA) is 51.8 Å². The second kappa shape index (κ2) is 3.46. The van der Waals surface area contributed by atoms with Crippen LogP contribution in [0.25, 0.3) is 0 Å². The van der Waals surface area contributed by atoms with Crippen LogP contribution in [-0.2, 0) is 5.41 Å². The van der Waals surface area contributed by atoms with Crippen molar-refractivity contribution in [2.45, 2.75) is 26.2 Å². The molecule has 0 bridgehead atoms. The fraction of sp³-hybridized carbons (Fsp3) is 0.364. The van der Waals surface area contributed by atoms with Crippen molar-refractivity contribution in [3.05, 3.63) is 41.8 Å². The van der Waals surface area contributed by atoms with E-state index in [9.17, 15) is 0 Å². The largest absolute Gasteiger partial charge is 0.340 e. The average molecular weight is 203 g/mol. The number of aryl methyl sites for hydroxylation is 1. The molecular formula is C11H13N3O. The normalized spacial score (nSPS) is 11.7. The van der Waals surface area contributed by atoms with E-state index in [4.69, 9.17) is 4.52 Å². The summed E-state index contributed by atoms with van der Waals surface area (Å²) in [5.74, 6) is 1.24. The minimum absolute atomic E-state index is 0.320. The summed E-state index contributed by atoms with van der Waals surface area (Å²) >= 11 is 0. The fourth-order valence-electron chi connectivity index (χ4n) is 1.40. The molecule has 0 aromatic carbocycles. The van der Waals surface area contributed by atoms with Crippen LogP contribution in [0.1, 0.15) is 31.3 Å². The van der Waals surface area contributed by atoms with Crippen LogP contribution in [0.5, 0.6) is 0 Å². The molecule has 0 aliphatic carbocycles. The van der Waals surface area contributed by atoms with Crippen LogP contribution in [0, 0.1) is 6.92 Å². The highest BCUT2D eigenvalue weighted by Gasteiger charge is 2.29. The summed E-state index contributed by atoms with van der Waals surface area (Å²) in [4.78, 5) is 8.56. The standard InChI is InChI=1S/C11H13N3O/c1-8-13-10(14-15-8)11(2,3)9-6-4-5-7-12-9/h4-7H,1-3H3. The highest BCUT2D eigenvalue weighted by atomic mass is 16.5. The molecule has 0 aliphatic rings. The Hall–Kier alpha value is -1.71. The van der Waals surface area contributed by atoms with Gasteiger partial charge in [0, 0.05) is 13.1 Å². The quantitative estimate of drug-likeness (QED) is 0.750. The molecule has 0 radical (unpaired) electrons. The van der Waals surface area contributed by atoms with Crippen LogP contribution in [0.2, 0.25) is 0 Å². The molecule has 2 heterocycles. The monoisotopic (exact) mass is 203 g/mol. The number of hydrogen-bond acceptors (Lipinski definition) is 4. The summed E-state index contributed by atoms with van der Waals surface area (Å²) in [5.41, 5.74) is 0.616. The van der Waals surface area contributed by atoms with Gasteiger partial charge in [-0.2, -0.15) is 4.98 Å². The molecule has 2 rings (SSSR count). The molecule has 0 aliphatic heterocycles. The van der Waals surface area contributed by atoms with Crippen molar-refractivity contribution in [3.8, 4) is 0 Å². The maximum absolute atomic E-state index is 4.98. The van der Waals surface area contributed by atoms with Crippen molar-refractivity contribution >= 4 is 0 Å². The first kappa shape index (κ1) is 9.83. The van der Waals surface area contributed by atoms with Gasteiger partial charge in [-0.05, 0) is 26.0 Å². The molecule has 78 valence electrons. The molecular weight excluding hydrogens is 190 g/mol. The minimum Gasteiger partial charge on any atom is -0.340 e. The van der Waals surface area contributed by atoms with Crippen molar-refractivity contribution in [1.82, 2.24) is 15.1 Å². The first-order chi connectivity index (χ1) is 7.10. The van der Waals surface area contributed by atoms with E-state index < -0.39 is 0 Å². The number of rotatable bonds is 2. The molecule has 0 saturated heterocycles. The van der Waals surface area contributed by atoms with Crippen LogP contribution in [0.15, 0.2) is 28.9 Å². The van der Waals surface area contributed by atoms with Gasteiger partial charge in [-0.25, -0.2) is 0 Å². The van der Waals surface area contributed by atoms with Gasteiger partial charge in [-0.1, -0.05) is 11.2 Å². The van der Waals surface area contributed by atoms with Gasteiger partial charge in [0.1, 0.15) is 0 Å². The maximum Gasteiger partial charge on any atom is 0.223 e. The molecule has 2 aromatic heterocycles. The molecule has 0 atom stereocenters. The van der Waals surface area contributed by atoms with E-state index in [-0.39, 0.29) is 5.41 Å². The van der Waals surface area contributed by atoms with E-state index in [2.05, 4.69) is 15.1 Å². The summed E-state index contributed by atoms with van der Waals surface area (Å²) < 4.78 is 4.98. The predicted octanol–water partition coefficient (Wildman–Crippen LogP) is 2.10. The van der Waals surface area contributed by atoms with Crippen molar-refractivity contribution in [2.24, 2.45) is 0 Å². The molecule has 2 aromatic rings. The van der Waals surface area contributed by atoms with Gasteiger partial charge in [-0.3, -0.25) is 4.98 Å². The predicted molar refractivity (Wildman–Crippen MR) is 55.4 cm³/mol. The van der Waals surface area contributed by atoms with Crippen molar-refractivity contribution in [3.63, 3.8) is 0 Å². The molecule has 15 heavy (non-hydrogen) atoms. The van der Waals surface area contributed by atoms with Gasteiger partial charge < -0.3 is 4.52 Å². The molecule has 4 heteroatoms. The summed E-state index contributed by atoms with van der Waals surface area (Å²) in [7, 11) is 0. The maximum atomic E-state index is 4.98. The zero-order valence-corrected chi connectivity index (χ0v) is 9.06. The first-order valence-corrected chi connectivity index (χ1v) is 4.83. The summed E-state index contributed by atoms with van der Waals surface area (Å²) in [6.45, 7) is 5.84. The second-order valence-corrected chi connectivity index (χ2v) is 3.98. The van der Waals surface area contributed by atoms with Crippen molar-refractivity contribution in [1.29, 1.82) is 0 Å².